The van der Waals surface area contributed by atoms with Gasteiger partial charge in [0.05, 0.1) is 6.54 Å². The molecule has 3 nitrogen and oxygen atoms in total. The summed E-state index contributed by atoms with van der Waals surface area (Å²) in [6, 6.07) is 1.84. The van der Waals surface area contributed by atoms with Crippen LogP contribution in [0.5, 0.6) is 0 Å². The predicted octanol–water partition coefficient (Wildman–Crippen LogP) is 2.28. The summed E-state index contributed by atoms with van der Waals surface area (Å²) in [6.45, 7) is 5.92. The summed E-state index contributed by atoms with van der Waals surface area (Å²) in [5.41, 5.74) is 7.21. The van der Waals surface area contributed by atoms with Crippen LogP contribution < -0.4 is 5.73 Å². The fourth-order valence-electron chi connectivity index (χ4n) is 1.05. The van der Waals surface area contributed by atoms with Crippen molar-refractivity contribution in [1.29, 1.82) is 0 Å². The molecule has 0 spiro atoms. The van der Waals surface area contributed by atoms with Gasteiger partial charge in [0.25, 0.3) is 0 Å². The minimum absolute atomic E-state index is 0.370. The summed E-state index contributed by atoms with van der Waals surface area (Å²) < 4.78 is 5.00. The molecular formula is C11H14N2O. The number of hydrogen-bond acceptors (Lipinski definition) is 3. The molecule has 0 atom stereocenters. The molecule has 0 saturated heterocycles. The van der Waals surface area contributed by atoms with Gasteiger partial charge in [0, 0.05) is 6.07 Å². The molecular weight excluding hydrogens is 176 g/mol. The van der Waals surface area contributed by atoms with Gasteiger partial charge in [-0.2, -0.15) is 0 Å². The van der Waals surface area contributed by atoms with Crippen molar-refractivity contribution >= 4 is 5.57 Å². The molecule has 1 rings (SSSR count). The third-order valence-electron chi connectivity index (χ3n) is 1.78. The van der Waals surface area contributed by atoms with E-state index in [1.807, 2.05) is 31.2 Å². The van der Waals surface area contributed by atoms with Crippen LogP contribution in [0.2, 0.25) is 0 Å². The summed E-state index contributed by atoms with van der Waals surface area (Å²) in [5.74, 6) is 0.686. The predicted molar refractivity (Wildman–Crippen MR) is 57.4 cm³/mol. The normalized spacial score (nSPS) is 12.3. The van der Waals surface area contributed by atoms with E-state index in [1.54, 1.807) is 6.08 Å². The lowest BCUT2D eigenvalue weighted by Crippen LogP contribution is -1.92. The van der Waals surface area contributed by atoms with E-state index in [9.17, 15) is 0 Å². The van der Waals surface area contributed by atoms with Gasteiger partial charge >= 0.3 is 0 Å². The molecule has 0 saturated carbocycles. The minimum atomic E-state index is 0.370. The van der Waals surface area contributed by atoms with Gasteiger partial charge in [-0.15, -0.1) is 0 Å². The Morgan fingerprint density at radius 2 is 2.50 bits per heavy atom. The molecule has 1 aromatic heterocycles. The van der Waals surface area contributed by atoms with Crippen LogP contribution in [-0.4, -0.2) is 5.16 Å². The molecule has 3 heteroatoms. The van der Waals surface area contributed by atoms with E-state index in [1.165, 1.54) is 0 Å². The van der Waals surface area contributed by atoms with Gasteiger partial charge in [-0.05, 0) is 12.5 Å². The standard InChI is InChI=1S/C11H14N2O/c1-3-5-6-9(4-2)11-7-10(8-12)14-13-11/h3-7H,1,8,12H2,2H3/b6-5-,9-4+. The molecule has 0 fully saturated rings. The molecule has 0 unspecified atom stereocenters. The monoisotopic (exact) mass is 190 g/mol. The van der Waals surface area contributed by atoms with Crippen LogP contribution in [0.4, 0.5) is 0 Å². The first-order valence-electron chi connectivity index (χ1n) is 4.43. The highest BCUT2D eigenvalue weighted by Gasteiger charge is 2.04. The number of nitrogens with two attached hydrogens (primary N) is 1. The highest BCUT2D eigenvalue weighted by molar-refractivity contribution is 5.71. The van der Waals surface area contributed by atoms with Crippen LogP contribution in [0.15, 0.2) is 41.5 Å². The lowest BCUT2D eigenvalue weighted by molar-refractivity contribution is 0.383. The summed E-state index contributed by atoms with van der Waals surface area (Å²) in [6.07, 6.45) is 7.45. The first kappa shape index (κ1) is 10.5. The Morgan fingerprint density at radius 3 is 3.00 bits per heavy atom. The van der Waals surface area contributed by atoms with Gasteiger partial charge in [-0.25, -0.2) is 0 Å². The Morgan fingerprint density at radius 1 is 1.71 bits per heavy atom. The van der Waals surface area contributed by atoms with Crippen molar-refractivity contribution in [3.8, 4) is 0 Å². The first-order valence-corrected chi connectivity index (χ1v) is 4.43. The number of rotatable bonds is 4. The lowest BCUT2D eigenvalue weighted by atomic mass is 10.1. The molecule has 0 bridgehead atoms. The molecule has 0 radical (unpaired) electrons. The van der Waals surface area contributed by atoms with Crippen LogP contribution in [0.1, 0.15) is 18.4 Å². The summed E-state index contributed by atoms with van der Waals surface area (Å²) in [5, 5.41) is 3.90. The molecule has 74 valence electrons. The van der Waals surface area contributed by atoms with E-state index in [2.05, 4.69) is 11.7 Å². The van der Waals surface area contributed by atoms with E-state index < -0.39 is 0 Å². The molecule has 0 aromatic carbocycles. The number of nitrogens with zero attached hydrogens (tertiary/aromatic N) is 1. The Kier molecular flexibility index (Phi) is 3.88. The van der Waals surface area contributed by atoms with Crippen LogP contribution in [0.3, 0.4) is 0 Å². The second kappa shape index (κ2) is 5.19. The summed E-state index contributed by atoms with van der Waals surface area (Å²) >= 11 is 0. The Bertz CT molecular complexity index is 361. The smallest absolute Gasteiger partial charge is 0.150 e. The van der Waals surface area contributed by atoms with E-state index in [4.69, 9.17) is 10.3 Å². The van der Waals surface area contributed by atoms with Gasteiger partial charge in [-0.3, -0.25) is 0 Å². The number of aromatic nitrogens is 1. The molecule has 0 amide bonds. The number of hydrogen-bond donors (Lipinski definition) is 1. The quantitative estimate of drug-likeness (QED) is 0.741. The third kappa shape index (κ3) is 2.44. The SMILES string of the molecule is C=C/C=C\C(=C/C)c1cc(CN)on1. The topological polar surface area (TPSA) is 52.0 Å². The van der Waals surface area contributed by atoms with Crippen molar-refractivity contribution in [1.82, 2.24) is 5.16 Å². The van der Waals surface area contributed by atoms with E-state index in [0.29, 0.717) is 12.3 Å². The minimum Gasteiger partial charge on any atom is -0.359 e. The van der Waals surface area contributed by atoms with Crippen molar-refractivity contribution < 1.29 is 4.52 Å². The second-order valence-corrected chi connectivity index (χ2v) is 2.72. The van der Waals surface area contributed by atoms with E-state index in [0.717, 1.165) is 11.3 Å². The molecule has 0 aliphatic rings. The highest BCUT2D eigenvalue weighted by atomic mass is 16.5. The molecule has 2 N–H and O–H groups in total. The summed E-state index contributed by atoms with van der Waals surface area (Å²) in [7, 11) is 0. The zero-order valence-corrected chi connectivity index (χ0v) is 8.23. The van der Waals surface area contributed by atoms with Crippen molar-refractivity contribution in [2.45, 2.75) is 13.5 Å². The molecule has 0 aliphatic carbocycles. The highest BCUT2D eigenvalue weighted by Crippen LogP contribution is 2.15. The molecule has 14 heavy (non-hydrogen) atoms. The Hall–Kier alpha value is -1.61. The van der Waals surface area contributed by atoms with Crippen LogP contribution in [0.25, 0.3) is 5.57 Å². The third-order valence-corrected chi connectivity index (χ3v) is 1.78. The fourth-order valence-corrected chi connectivity index (χ4v) is 1.05. The largest absolute Gasteiger partial charge is 0.359 e. The average Bonchev–Trinajstić information content (AvgIpc) is 2.68. The lowest BCUT2D eigenvalue weighted by Gasteiger charge is -1.91. The maximum atomic E-state index is 5.42. The van der Waals surface area contributed by atoms with E-state index in [-0.39, 0.29) is 0 Å². The maximum absolute atomic E-state index is 5.42. The Balaban J connectivity index is 2.90. The fraction of sp³-hybridized carbons (Fsp3) is 0.182. The van der Waals surface area contributed by atoms with Gasteiger partial charge in [0.1, 0.15) is 5.69 Å². The van der Waals surface area contributed by atoms with Crippen molar-refractivity contribution in [3.63, 3.8) is 0 Å². The van der Waals surface area contributed by atoms with Gasteiger partial charge in [0.15, 0.2) is 5.76 Å². The zero-order valence-electron chi connectivity index (χ0n) is 8.23. The number of allylic oxidation sites excluding steroid dienone is 5. The Labute approximate surface area is 83.6 Å². The van der Waals surface area contributed by atoms with Crippen molar-refractivity contribution in [2.24, 2.45) is 5.73 Å². The second-order valence-electron chi connectivity index (χ2n) is 2.72. The molecule has 1 aromatic rings. The van der Waals surface area contributed by atoms with Gasteiger partial charge in [-0.1, -0.05) is 36.0 Å². The average molecular weight is 190 g/mol. The van der Waals surface area contributed by atoms with Gasteiger partial charge in [0.2, 0.25) is 0 Å². The van der Waals surface area contributed by atoms with Crippen LogP contribution in [-0.2, 0) is 6.54 Å². The van der Waals surface area contributed by atoms with Gasteiger partial charge < -0.3 is 10.3 Å². The van der Waals surface area contributed by atoms with Crippen molar-refractivity contribution in [3.05, 3.63) is 48.4 Å². The molecule has 1 heterocycles. The van der Waals surface area contributed by atoms with Crippen LogP contribution in [0, 0.1) is 0 Å². The molecule has 0 aliphatic heterocycles. The maximum Gasteiger partial charge on any atom is 0.150 e. The van der Waals surface area contributed by atoms with Crippen molar-refractivity contribution in [2.75, 3.05) is 0 Å². The zero-order chi connectivity index (χ0) is 10.4. The summed E-state index contributed by atoms with van der Waals surface area (Å²) in [4.78, 5) is 0. The van der Waals surface area contributed by atoms with Crippen LogP contribution >= 0.6 is 0 Å². The first-order chi connectivity index (χ1) is 6.81. The van der Waals surface area contributed by atoms with E-state index >= 15 is 0 Å².